The summed E-state index contributed by atoms with van der Waals surface area (Å²) >= 11 is 0. The number of anilines is 1. The molecular formula is C24H29N5O2. The molecule has 3 amide bonds. The van der Waals surface area contributed by atoms with Crippen LogP contribution in [-0.4, -0.2) is 54.5 Å². The fraction of sp³-hybridized carbons (Fsp3) is 0.375. The van der Waals surface area contributed by atoms with Gasteiger partial charge < -0.3 is 5.32 Å². The van der Waals surface area contributed by atoms with E-state index >= 15 is 0 Å². The summed E-state index contributed by atoms with van der Waals surface area (Å²) in [6, 6.07) is 15.0. The standard InChI is InChI=1S/C24H29N5O2/c1-18-5-3-6-22(19(18)2)26-24(31)27-23(30)17-29-12-4-11-28(13-14-29)16-21-9-7-20(15-25)8-10-21/h3,5-10H,4,11-14,16-17H2,1-2H3,(H2,26,27,30,31). The maximum Gasteiger partial charge on any atom is 0.325 e. The lowest BCUT2D eigenvalue weighted by atomic mass is 10.1. The monoisotopic (exact) mass is 419 g/mol. The Balaban J connectivity index is 1.44. The van der Waals surface area contributed by atoms with Gasteiger partial charge in [0, 0.05) is 25.3 Å². The quantitative estimate of drug-likeness (QED) is 0.778. The first kappa shape index (κ1) is 22.5. The highest BCUT2D eigenvalue weighted by molar-refractivity contribution is 6.02. The van der Waals surface area contributed by atoms with E-state index in [4.69, 9.17) is 5.26 Å². The van der Waals surface area contributed by atoms with E-state index in [1.165, 1.54) is 5.56 Å². The van der Waals surface area contributed by atoms with Gasteiger partial charge in [-0.15, -0.1) is 0 Å². The molecule has 0 saturated carbocycles. The minimum Gasteiger partial charge on any atom is -0.307 e. The maximum absolute atomic E-state index is 12.4. The Morgan fingerprint density at radius 1 is 1.00 bits per heavy atom. The Hall–Kier alpha value is -3.21. The highest BCUT2D eigenvalue weighted by atomic mass is 16.2. The van der Waals surface area contributed by atoms with Crippen molar-refractivity contribution in [1.29, 1.82) is 5.26 Å². The lowest BCUT2D eigenvalue weighted by Crippen LogP contribution is -2.43. The summed E-state index contributed by atoms with van der Waals surface area (Å²) in [7, 11) is 0. The third-order valence-corrected chi connectivity index (χ3v) is 5.64. The fourth-order valence-corrected chi connectivity index (χ4v) is 3.69. The van der Waals surface area contributed by atoms with Crippen molar-refractivity contribution in [3.63, 3.8) is 0 Å². The van der Waals surface area contributed by atoms with Crippen LogP contribution in [0.3, 0.4) is 0 Å². The molecule has 162 valence electrons. The summed E-state index contributed by atoms with van der Waals surface area (Å²) in [5, 5.41) is 14.1. The van der Waals surface area contributed by atoms with E-state index in [-0.39, 0.29) is 12.5 Å². The number of urea groups is 1. The van der Waals surface area contributed by atoms with Crippen LogP contribution in [0.1, 0.15) is 28.7 Å². The lowest BCUT2D eigenvalue weighted by molar-refractivity contribution is -0.121. The number of aryl methyl sites for hydroxylation is 1. The van der Waals surface area contributed by atoms with Crippen molar-refractivity contribution in [3.05, 3.63) is 64.7 Å². The van der Waals surface area contributed by atoms with Gasteiger partial charge >= 0.3 is 6.03 Å². The molecule has 2 N–H and O–H groups in total. The number of nitriles is 1. The lowest BCUT2D eigenvalue weighted by Gasteiger charge is -2.21. The minimum atomic E-state index is -0.504. The van der Waals surface area contributed by atoms with Crippen molar-refractivity contribution in [2.24, 2.45) is 0 Å². The molecule has 0 aromatic heterocycles. The molecule has 0 spiro atoms. The maximum atomic E-state index is 12.4. The second-order valence-corrected chi connectivity index (χ2v) is 7.96. The van der Waals surface area contributed by atoms with Crippen LogP contribution >= 0.6 is 0 Å². The summed E-state index contributed by atoms with van der Waals surface area (Å²) in [6.45, 7) is 8.32. The normalized spacial score (nSPS) is 15.0. The van der Waals surface area contributed by atoms with Gasteiger partial charge in [-0.3, -0.25) is 19.9 Å². The first-order valence-electron chi connectivity index (χ1n) is 10.6. The number of nitrogens with zero attached hydrogens (tertiary/aromatic N) is 3. The predicted molar refractivity (Wildman–Crippen MR) is 121 cm³/mol. The van der Waals surface area contributed by atoms with E-state index in [9.17, 15) is 9.59 Å². The Morgan fingerprint density at radius 3 is 2.45 bits per heavy atom. The van der Waals surface area contributed by atoms with E-state index in [1.54, 1.807) is 0 Å². The van der Waals surface area contributed by atoms with Crippen LogP contribution < -0.4 is 10.6 Å². The number of carbonyl (C=O) groups is 2. The molecule has 3 rings (SSSR count). The molecule has 1 aliphatic heterocycles. The fourth-order valence-electron chi connectivity index (χ4n) is 3.69. The van der Waals surface area contributed by atoms with Crippen molar-refractivity contribution >= 4 is 17.6 Å². The molecule has 1 saturated heterocycles. The molecule has 1 fully saturated rings. The second kappa shape index (κ2) is 10.7. The van der Waals surface area contributed by atoms with Gasteiger partial charge in [0.2, 0.25) is 5.91 Å². The minimum absolute atomic E-state index is 0.199. The number of benzene rings is 2. The van der Waals surface area contributed by atoms with Crippen LogP contribution in [0.2, 0.25) is 0 Å². The van der Waals surface area contributed by atoms with Crippen LogP contribution in [0.15, 0.2) is 42.5 Å². The van der Waals surface area contributed by atoms with Crippen LogP contribution in [0.25, 0.3) is 0 Å². The van der Waals surface area contributed by atoms with Crippen molar-refractivity contribution in [2.45, 2.75) is 26.8 Å². The molecule has 7 nitrogen and oxygen atoms in total. The summed E-state index contributed by atoms with van der Waals surface area (Å²) < 4.78 is 0. The molecule has 1 aliphatic rings. The van der Waals surface area contributed by atoms with Crippen LogP contribution in [-0.2, 0) is 11.3 Å². The Labute approximate surface area is 183 Å². The SMILES string of the molecule is Cc1cccc(NC(=O)NC(=O)CN2CCCN(Cc3ccc(C#N)cc3)CC2)c1C. The van der Waals surface area contributed by atoms with E-state index in [2.05, 4.69) is 26.5 Å². The average molecular weight is 420 g/mol. The molecule has 0 atom stereocenters. The van der Waals surface area contributed by atoms with Crippen molar-refractivity contribution in [2.75, 3.05) is 38.0 Å². The van der Waals surface area contributed by atoms with Gasteiger partial charge in [0.15, 0.2) is 0 Å². The molecular weight excluding hydrogens is 390 g/mol. The molecule has 31 heavy (non-hydrogen) atoms. The van der Waals surface area contributed by atoms with E-state index in [0.29, 0.717) is 11.3 Å². The number of amides is 3. The van der Waals surface area contributed by atoms with Crippen LogP contribution in [0, 0.1) is 25.2 Å². The van der Waals surface area contributed by atoms with Crippen molar-refractivity contribution in [3.8, 4) is 6.07 Å². The molecule has 0 bridgehead atoms. The third kappa shape index (κ3) is 6.64. The van der Waals surface area contributed by atoms with Gasteiger partial charge in [0.05, 0.1) is 18.2 Å². The number of rotatable bonds is 5. The molecule has 0 aliphatic carbocycles. The first-order chi connectivity index (χ1) is 14.9. The summed E-state index contributed by atoms with van der Waals surface area (Å²) in [5.41, 5.74) is 4.62. The smallest absolute Gasteiger partial charge is 0.307 e. The molecule has 0 unspecified atom stereocenters. The second-order valence-electron chi connectivity index (χ2n) is 7.96. The highest BCUT2D eigenvalue weighted by Gasteiger charge is 2.18. The largest absolute Gasteiger partial charge is 0.325 e. The van der Waals surface area contributed by atoms with Gasteiger partial charge in [0.25, 0.3) is 0 Å². The Kier molecular flexibility index (Phi) is 7.76. The third-order valence-electron chi connectivity index (χ3n) is 5.64. The zero-order chi connectivity index (χ0) is 22.2. The van der Waals surface area contributed by atoms with Crippen molar-refractivity contribution < 1.29 is 9.59 Å². The van der Waals surface area contributed by atoms with Crippen LogP contribution in [0.4, 0.5) is 10.5 Å². The van der Waals surface area contributed by atoms with E-state index in [1.807, 2.05) is 56.3 Å². The molecule has 0 radical (unpaired) electrons. The van der Waals surface area contributed by atoms with Gasteiger partial charge in [-0.05, 0) is 68.2 Å². The van der Waals surface area contributed by atoms with E-state index in [0.717, 1.165) is 50.3 Å². The number of nitrogens with one attached hydrogen (secondary N) is 2. The number of imide groups is 1. The Morgan fingerprint density at radius 2 is 1.71 bits per heavy atom. The predicted octanol–water partition coefficient (Wildman–Crippen LogP) is 3.03. The van der Waals surface area contributed by atoms with E-state index < -0.39 is 6.03 Å². The number of carbonyl (C=O) groups excluding carboxylic acids is 2. The average Bonchev–Trinajstić information content (AvgIpc) is 2.97. The summed E-state index contributed by atoms with van der Waals surface area (Å²) in [5.74, 6) is -0.302. The van der Waals surface area contributed by atoms with Crippen molar-refractivity contribution in [1.82, 2.24) is 15.1 Å². The molecule has 7 heteroatoms. The molecule has 2 aromatic rings. The Bertz CT molecular complexity index is 965. The summed E-state index contributed by atoms with van der Waals surface area (Å²) in [6.07, 6.45) is 0.957. The topological polar surface area (TPSA) is 88.5 Å². The first-order valence-corrected chi connectivity index (χ1v) is 10.6. The number of hydrogen-bond acceptors (Lipinski definition) is 5. The zero-order valence-corrected chi connectivity index (χ0v) is 18.1. The molecule has 2 aromatic carbocycles. The molecule has 1 heterocycles. The summed E-state index contributed by atoms with van der Waals surface area (Å²) in [4.78, 5) is 29.0. The number of hydrogen-bond donors (Lipinski definition) is 2. The highest BCUT2D eigenvalue weighted by Crippen LogP contribution is 2.17. The van der Waals surface area contributed by atoms with Gasteiger partial charge in [0.1, 0.15) is 0 Å². The zero-order valence-electron chi connectivity index (χ0n) is 18.1. The van der Waals surface area contributed by atoms with Gasteiger partial charge in [-0.1, -0.05) is 24.3 Å². The van der Waals surface area contributed by atoms with Gasteiger partial charge in [-0.25, -0.2) is 4.79 Å². The van der Waals surface area contributed by atoms with Gasteiger partial charge in [-0.2, -0.15) is 5.26 Å². The van der Waals surface area contributed by atoms with Crippen LogP contribution in [0.5, 0.6) is 0 Å².